The van der Waals surface area contributed by atoms with Gasteiger partial charge in [0, 0.05) is 6.07 Å². The minimum atomic E-state index is -3.94. The Morgan fingerprint density at radius 1 is 1.06 bits per heavy atom. The zero-order valence-corrected chi connectivity index (χ0v) is 19.6. The van der Waals surface area contributed by atoms with Crippen LogP contribution in [-0.4, -0.2) is 20.4 Å². The van der Waals surface area contributed by atoms with Crippen LogP contribution in [0.15, 0.2) is 56.6 Å². The van der Waals surface area contributed by atoms with Crippen LogP contribution in [0.2, 0.25) is 0 Å². The number of benzene rings is 2. The monoisotopic (exact) mass is 457 g/mol. The predicted octanol–water partition coefficient (Wildman–Crippen LogP) is 4.02. The molecule has 8 heteroatoms. The Bertz CT molecular complexity index is 1310. The van der Waals surface area contributed by atoms with Gasteiger partial charge in [-0.15, -0.1) is 0 Å². The first kappa shape index (κ1) is 23.7. The van der Waals surface area contributed by atoms with Crippen molar-refractivity contribution >= 4 is 27.0 Å². The van der Waals surface area contributed by atoms with E-state index in [0.29, 0.717) is 23.0 Å². The van der Waals surface area contributed by atoms with Crippen LogP contribution < -0.4 is 15.1 Å². The van der Waals surface area contributed by atoms with E-state index in [4.69, 9.17) is 9.15 Å². The van der Waals surface area contributed by atoms with E-state index in [-0.39, 0.29) is 16.6 Å². The average molecular weight is 458 g/mol. The molecular weight excluding hydrogens is 430 g/mol. The SMILES string of the molecule is CC[C@H](C)[C@@H](NS(=O)(=O)c1ccc(C)cc1)C(=O)Oc1cc(C)cc2oc(=O)cc(C)c12. The van der Waals surface area contributed by atoms with Gasteiger partial charge in [0.2, 0.25) is 10.0 Å². The van der Waals surface area contributed by atoms with E-state index in [1.807, 2.05) is 13.8 Å². The van der Waals surface area contributed by atoms with Crippen LogP contribution in [0, 0.1) is 26.7 Å². The second-order valence-electron chi connectivity index (χ2n) is 8.10. The summed E-state index contributed by atoms with van der Waals surface area (Å²) in [4.78, 5) is 25.0. The number of nitrogens with one attached hydrogen (secondary N) is 1. The lowest BCUT2D eigenvalue weighted by Gasteiger charge is -2.23. The van der Waals surface area contributed by atoms with Gasteiger partial charge in [0.15, 0.2) is 0 Å². The maximum absolute atomic E-state index is 13.2. The van der Waals surface area contributed by atoms with Crippen LogP contribution in [-0.2, 0) is 14.8 Å². The van der Waals surface area contributed by atoms with Crippen LogP contribution >= 0.6 is 0 Å². The van der Waals surface area contributed by atoms with Crippen molar-refractivity contribution in [1.82, 2.24) is 4.72 Å². The molecule has 32 heavy (non-hydrogen) atoms. The van der Waals surface area contributed by atoms with E-state index in [1.54, 1.807) is 45.0 Å². The minimum Gasteiger partial charge on any atom is -0.425 e. The Hall–Kier alpha value is -2.97. The maximum Gasteiger partial charge on any atom is 0.336 e. The molecule has 0 aliphatic rings. The van der Waals surface area contributed by atoms with Gasteiger partial charge in [-0.05, 0) is 62.1 Å². The minimum absolute atomic E-state index is 0.0721. The molecule has 0 unspecified atom stereocenters. The van der Waals surface area contributed by atoms with Crippen molar-refractivity contribution in [2.45, 2.75) is 52.0 Å². The highest BCUT2D eigenvalue weighted by Crippen LogP contribution is 2.30. The summed E-state index contributed by atoms with van der Waals surface area (Å²) in [5.41, 5.74) is 2.06. The first-order chi connectivity index (χ1) is 15.0. The van der Waals surface area contributed by atoms with Crippen molar-refractivity contribution in [2.75, 3.05) is 0 Å². The van der Waals surface area contributed by atoms with Gasteiger partial charge < -0.3 is 9.15 Å². The lowest BCUT2D eigenvalue weighted by atomic mass is 10.0. The molecule has 3 aromatic rings. The number of hydrogen-bond donors (Lipinski definition) is 1. The lowest BCUT2D eigenvalue weighted by molar-refractivity contribution is -0.137. The molecular formula is C24H27NO6S. The number of rotatable bonds is 7. The molecule has 0 saturated carbocycles. The molecule has 1 heterocycles. The van der Waals surface area contributed by atoms with Crippen molar-refractivity contribution in [3.8, 4) is 5.75 Å². The number of fused-ring (bicyclic) bond motifs is 1. The van der Waals surface area contributed by atoms with Crippen LogP contribution in [0.25, 0.3) is 11.0 Å². The van der Waals surface area contributed by atoms with E-state index in [0.717, 1.165) is 11.1 Å². The Morgan fingerprint density at radius 3 is 2.34 bits per heavy atom. The second-order valence-corrected chi connectivity index (χ2v) is 9.82. The quantitative estimate of drug-likeness (QED) is 0.327. The smallest absolute Gasteiger partial charge is 0.336 e. The van der Waals surface area contributed by atoms with Crippen LogP contribution in [0.5, 0.6) is 5.75 Å². The third-order valence-corrected chi connectivity index (χ3v) is 6.90. The van der Waals surface area contributed by atoms with Gasteiger partial charge >= 0.3 is 11.6 Å². The molecule has 7 nitrogen and oxygen atoms in total. The molecule has 0 amide bonds. The molecule has 0 aliphatic heterocycles. The van der Waals surface area contributed by atoms with Crippen molar-refractivity contribution in [3.63, 3.8) is 0 Å². The van der Waals surface area contributed by atoms with Crippen LogP contribution in [0.3, 0.4) is 0 Å². The van der Waals surface area contributed by atoms with E-state index in [9.17, 15) is 18.0 Å². The van der Waals surface area contributed by atoms with Gasteiger partial charge in [-0.25, -0.2) is 18.0 Å². The van der Waals surface area contributed by atoms with Crippen molar-refractivity contribution < 1.29 is 22.4 Å². The zero-order valence-electron chi connectivity index (χ0n) is 18.8. The zero-order chi connectivity index (χ0) is 23.6. The number of aryl methyl sites for hydroxylation is 3. The summed E-state index contributed by atoms with van der Waals surface area (Å²) in [6, 6.07) is 9.95. The molecule has 3 rings (SSSR count). The van der Waals surface area contributed by atoms with Crippen LogP contribution in [0.4, 0.5) is 0 Å². The van der Waals surface area contributed by atoms with Crippen LogP contribution in [0.1, 0.15) is 37.0 Å². The lowest BCUT2D eigenvalue weighted by Crippen LogP contribution is -2.47. The van der Waals surface area contributed by atoms with Gasteiger partial charge in [-0.2, -0.15) is 4.72 Å². The molecule has 0 saturated heterocycles. The number of hydrogen-bond acceptors (Lipinski definition) is 6. The molecule has 1 N–H and O–H groups in total. The Morgan fingerprint density at radius 2 is 1.72 bits per heavy atom. The third-order valence-electron chi connectivity index (χ3n) is 5.44. The molecule has 0 spiro atoms. The molecule has 2 aromatic carbocycles. The fourth-order valence-electron chi connectivity index (χ4n) is 3.41. The number of carbonyl (C=O) groups is 1. The summed E-state index contributed by atoms with van der Waals surface area (Å²) in [7, 11) is -3.94. The summed E-state index contributed by atoms with van der Waals surface area (Å²) >= 11 is 0. The first-order valence-electron chi connectivity index (χ1n) is 10.4. The van der Waals surface area contributed by atoms with E-state index in [1.165, 1.54) is 18.2 Å². The summed E-state index contributed by atoms with van der Waals surface area (Å²) in [5.74, 6) is -0.834. The van der Waals surface area contributed by atoms with Crippen molar-refractivity contribution in [3.05, 3.63) is 69.6 Å². The summed E-state index contributed by atoms with van der Waals surface area (Å²) < 4.78 is 39.3. The van der Waals surface area contributed by atoms with Crippen molar-refractivity contribution in [2.24, 2.45) is 5.92 Å². The predicted molar refractivity (Wildman–Crippen MR) is 122 cm³/mol. The fourth-order valence-corrected chi connectivity index (χ4v) is 4.71. The summed E-state index contributed by atoms with van der Waals surface area (Å²) in [6.07, 6.45) is 0.554. The van der Waals surface area contributed by atoms with Crippen molar-refractivity contribution in [1.29, 1.82) is 0 Å². The number of esters is 1. The Balaban J connectivity index is 1.97. The maximum atomic E-state index is 13.2. The topological polar surface area (TPSA) is 103 Å². The van der Waals surface area contributed by atoms with E-state index >= 15 is 0 Å². The number of ether oxygens (including phenoxy) is 1. The molecule has 0 radical (unpaired) electrons. The van der Waals surface area contributed by atoms with Gasteiger partial charge in [-0.3, -0.25) is 0 Å². The van der Waals surface area contributed by atoms with E-state index in [2.05, 4.69) is 4.72 Å². The molecule has 170 valence electrons. The molecule has 0 bridgehead atoms. The normalized spacial score (nSPS) is 13.7. The van der Waals surface area contributed by atoms with Gasteiger partial charge in [0.1, 0.15) is 17.4 Å². The fraction of sp³-hybridized carbons (Fsp3) is 0.333. The Labute approximate surface area is 187 Å². The number of carbonyl (C=O) groups excluding carboxylic acids is 1. The van der Waals surface area contributed by atoms with Gasteiger partial charge in [0.05, 0.1) is 10.3 Å². The Kier molecular flexibility index (Phi) is 6.85. The number of sulfonamides is 1. The second kappa shape index (κ2) is 9.26. The highest BCUT2D eigenvalue weighted by Gasteiger charge is 2.32. The highest BCUT2D eigenvalue weighted by atomic mass is 32.2. The molecule has 0 fully saturated rings. The third kappa shape index (κ3) is 5.08. The first-order valence-corrected chi connectivity index (χ1v) is 11.9. The average Bonchev–Trinajstić information content (AvgIpc) is 2.70. The molecule has 2 atom stereocenters. The van der Waals surface area contributed by atoms with Gasteiger partial charge in [0.25, 0.3) is 0 Å². The highest BCUT2D eigenvalue weighted by molar-refractivity contribution is 7.89. The summed E-state index contributed by atoms with van der Waals surface area (Å²) in [5, 5.41) is 0.493. The molecule has 0 aliphatic carbocycles. The van der Waals surface area contributed by atoms with Gasteiger partial charge in [-0.1, -0.05) is 38.0 Å². The standard InChI is InChI=1S/C24H27NO6S/c1-6-16(4)23(25-32(28,29)18-9-7-14(2)8-10-18)24(27)31-20-12-15(3)11-19-22(20)17(5)13-21(26)30-19/h7-13,16,23,25H,6H2,1-5H3/t16-,23+/m0/s1. The van der Waals surface area contributed by atoms with E-state index < -0.39 is 27.7 Å². The largest absolute Gasteiger partial charge is 0.425 e. The summed E-state index contributed by atoms with van der Waals surface area (Å²) in [6.45, 7) is 9.01. The molecule has 1 aromatic heterocycles.